The van der Waals surface area contributed by atoms with Gasteiger partial charge in [-0.25, -0.2) is 0 Å². The van der Waals surface area contributed by atoms with Crippen LogP contribution in [-0.4, -0.2) is 26.7 Å². The molecule has 0 aromatic heterocycles. The summed E-state index contributed by atoms with van der Waals surface area (Å²) >= 11 is 0. The van der Waals surface area contributed by atoms with Crippen molar-refractivity contribution in [2.24, 2.45) is 0 Å². The molecule has 1 amide bonds. The van der Waals surface area contributed by atoms with Gasteiger partial charge in [0.15, 0.2) is 0 Å². The summed E-state index contributed by atoms with van der Waals surface area (Å²) in [5.41, 5.74) is 2.75. The molecule has 0 unspecified atom stereocenters. The molecule has 5 heteroatoms. The number of anilines is 1. The number of rotatable bonds is 7. The predicted molar refractivity (Wildman–Crippen MR) is 94.2 cm³/mol. The maximum atomic E-state index is 12.1. The van der Waals surface area contributed by atoms with Crippen molar-refractivity contribution in [3.8, 4) is 17.2 Å². The fraction of sp³-hybridized carbons (Fsp3) is 0.316. The Morgan fingerprint density at radius 3 is 2.50 bits per heavy atom. The normalized spacial score (nSPS) is 10.2. The summed E-state index contributed by atoms with van der Waals surface area (Å²) in [5, 5.41) is 2.82. The zero-order chi connectivity index (χ0) is 17.5. The fourth-order valence-corrected chi connectivity index (χ4v) is 2.24. The number of nitrogens with one attached hydrogen (secondary N) is 1. The van der Waals surface area contributed by atoms with E-state index >= 15 is 0 Å². The molecule has 2 aromatic carbocycles. The first kappa shape index (κ1) is 17.7. The van der Waals surface area contributed by atoms with E-state index in [1.807, 2.05) is 32.0 Å². The van der Waals surface area contributed by atoms with Gasteiger partial charge in [-0.05, 0) is 43.2 Å². The lowest BCUT2D eigenvalue weighted by molar-refractivity contribution is -0.116. The van der Waals surface area contributed by atoms with E-state index in [2.05, 4.69) is 5.32 Å². The molecule has 2 rings (SSSR count). The van der Waals surface area contributed by atoms with Crippen LogP contribution < -0.4 is 19.5 Å². The summed E-state index contributed by atoms with van der Waals surface area (Å²) < 4.78 is 16.1. The monoisotopic (exact) mass is 329 g/mol. The van der Waals surface area contributed by atoms with E-state index in [0.29, 0.717) is 23.8 Å². The van der Waals surface area contributed by atoms with E-state index < -0.39 is 0 Å². The molecule has 0 atom stereocenters. The maximum Gasteiger partial charge on any atom is 0.227 e. The van der Waals surface area contributed by atoms with E-state index in [-0.39, 0.29) is 12.3 Å². The highest BCUT2D eigenvalue weighted by molar-refractivity contribution is 5.92. The van der Waals surface area contributed by atoms with Crippen LogP contribution in [0.5, 0.6) is 17.2 Å². The Kier molecular flexibility index (Phi) is 6.07. The zero-order valence-electron chi connectivity index (χ0n) is 14.5. The van der Waals surface area contributed by atoms with Crippen molar-refractivity contribution in [3.63, 3.8) is 0 Å². The number of benzene rings is 2. The molecule has 0 radical (unpaired) electrons. The molecule has 0 aliphatic heterocycles. The van der Waals surface area contributed by atoms with Gasteiger partial charge in [-0.2, -0.15) is 0 Å². The molecular weight excluding hydrogens is 306 g/mol. The second kappa shape index (κ2) is 8.24. The number of ether oxygens (including phenoxy) is 3. The standard InChI is InChI=1S/C19H23NO4/c1-13-5-6-14(2)18(11-13)24-10-9-19(21)20-16-12-15(22-3)7-8-17(16)23-4/h5-8,11-12H,9-10H2,1-4H3,(H,20,21). The van der Waals surface area contributed by atoms with Gasteiger partial charge in [-0.15, -0.1) is 0 Å². The van der Waals surface area contributed by atoms with Crippen LogP contribution in [0.3, 0.4) is 0 Å². The first-order chi connectivity index (χ1) is 11.5. The molecule has 0 heterocycles. The SMILES string of the molecule is COc1ccc(OC)c(NC(=O)CCOc2cc(C)ccc2C)c1. The third-order valence-corrected chi connectivity index (χ3v) is 3.61. The average molecular weight is 329 g/mol. The topological polar surface area (TPSA) is 56.8 Å². The Balaban J connectivity index is 1.93. The first-order valence-corrected chi connectivity index (χ1v) is 7.75. The molecular formula is C19H23NO4. The van der Waals surface area contributed by atoms with Crippen molar-refractivity contribution < 1.29 is 19.0 Å². The summed E-state index contributed by atoms with van der Waals surface area (Å²) in [7, 11) is 3.13. The quantitative estimate of drug-likeness (QED) is 0.841. The molecule has 5 nitrogen and oxygen atoms in total. The van der Waals surface area contributed by atoms with Gasteiger partial charge < -0.3 is 19.5 Å². The Morgan fingerprint density at radius 2 is 1.79 bits per heavy atom. The third kappa shape index (κ3) is 4.65. The van der Waals surface area contributed by atoms with Gasteiger partial charge in [0.2, 0.25) is 5.91 Å². The van der Waals surface area contributed by atoms with Gasteiger partial charge in [-0.3, -0.25) is 4.79 Å². The molecule has 2 aromatic rings. The molecule has 0 bridgehead atoms. The van der Waals surface area contributed by atoms with E-state index in [1.165, 1.54) is 0 Å². The average Bonchev–Trinajstić information content (AvgIpc) is 2.57. The van der Waals surface area contributed by atoms with Crippen molar-refractivity contribution in [3.05, 3.63) is 47.5 Å². The molecule has 0 fully saturated rings. The minimum absolute atomic E-state index is 0.146. The Hall–Kier alpha value is -2.69. The third-order valence-electron chi connectivity index (χ3n) is 3.61. The zero-order valence-corrected chi connectivity index (χ0v) is 14.5. The van der Waals surface area contributed by atoms with Crippen molar-refractivity contribution in [1.29, 1.82) is 0 Å². The largest absolute Gasteiger partial charge is 0.497 e. The lowest BCUT2D eigenvalue weighted by Gasteiger charge is -2.13. The Bertz CT molecular complexity index is 713. The number of carbonyl (C=O) groups is 1. The van der Waals surface area contributed by atoms with Crippen LogP contribution >= 0.6 is 0 Å². The Labute approximate surface area is 142 Å². The number of carbonyl (C=O) groups excluding carboxylic acids is 1. The lowest BCUT2D eigenvalue weighted by atomic mass is 10.1. The van der Waals surface area contributed by atoms with Crippen LogP contribution in [0.25, 0.3) is 0 Å². The van der Waals surface area contributed by atoms with Crippen LogP contribution in [-0.2, 0) is 4.79 Å². The van der Waals surface area contributed by atoms with Gasteiger partial charge in [0.1, 0.15) is 17.2 Å². The summed E-state index contributed by atoms with van der Waals surface area (Å²) in [6.45, 7) is 4.30. The first-order valence-electron chi connectivity index (χ1n) is 7.75. The number of methoxy groups -OCH3 is 2. The van der Waals surface area contributed by atoms with Gasteiger partial charge in [0.05, 0.1) is 32.9 Å². The van der Waals surface area contributed by atoms with Crippen molar-refractivity contribution >= 4 is 11.6 Å². The van der Waals surface area contributed by atoms with Crippen LogP contribution in [0.2, 0.25) is 0 Å². The predicted octanol–water partition coefficient (Wildman–Crippen LogP) is 3.73. The molecule has 24 heavy (non-hydrogen) atoms. The number of amides is 1. The van der Waals surface area contributed by atoms with Gasteiger partial charge in [-0.1, -0.05) is 12.1 Å². The van der Waals surface area contributed by atoms with E-state index in [9.17, 15) is 4.79 Å². The summed E-state index contributed by atoms with van der Waals surface area (Å²) in [5.74, 6) is 1.89. The van der Waals surface area contributed by atoms with Crippen molar-refractivity contribution in [2.75, 3.05) is 26.1 Å². The van der Waals surface area contributed by atoms with Crippen LogP contribution in [0.15, 0.2) is 36.4 Å². The second-order valence-corrected chi connectivity index (χ2v) is 5.48. The second-order valence-electron chi connectivity index (χ2n) is 5.48. The van der Waals surface area contributed by atoms with E-state index in [4.69, 9.17) is 14.2 Å². The van der Waals surface area contributed by atoms with E-state index in [1.54, 1.807) is 32.4 Å². The lowest BCUT2D eigenvalue weighted by Crippen LogP contribution is -2.16. The van der Waals surface area contributed by atoms with Crippen LogP contribution in [0.1, 0.15) is 17.5 Å². The highest BCUT2D eigenvalue weighted by Gasteiger charge is 2.10. The van der Waals surface area contributed by atoms with Crippen molar-refractivity contribution in [2.45, 2.75) is 20.3 Å². The van der Waals surface area contributed by atoms with E-state index in [0.717, 1.165) is 16.9 Å². The molecule has 0 aliphatic rings. The highest BCUT2D eigenvalue weighted by Crippen LogP contribution is 2.29. The van der Waals surface area contributed by atoms with Crippen LogP contribution in [0.4, 0.5) is 5.69 Å². The molecule has 0 aliphatic carbocycles. The van der Waals surface area contributed by atoms with Crippen LogP contribution in [0, 0.1) is 13.8 Å². The minimum Gasteiger partial charge on any atom is -0.497 e. The maximum absolute atomic E-state index is 12.1. The van der Waals surface area contributed by atoms with Gasteiger partial charge >= 0.3 is 0 Å². The summed E-state index contributed by atoms with van der Waals surface area (Å²) in [4.78, 5) is 12.1. The van der Waals surface area contributed by atoms with Gasteiger partial charge in [0.25, 0.3) is 0 Å². The highest BCUT2D eigenvalue weighted by atomic mass is 16.5. The molecule has 1 N–H and O–H groups in total. The fourth-order valence-electron chi connectivity index (χ4n) is 2.24. The molecule has 0 spiro atoms. The number of hydrogen-bond donors (Lipinski definition) is 1. The Morgan fingerprint density at radius 1 is 1.00 bits per heavy atom. The molecule has 0 saturated carbocycles. The smallest absolute Gasteiger partial charge is 0.227 e. The van der Waals surface area contributed by atoms with Crippen molar-refractivity contribution in [1.82, 2.24) is 0 Å². The number of hydrogen-bond acceptors (Lipinski definition) is 4. The summed E-state index contributed by atoms with van der Waals surface area (Å²) in [6, 6.07) is 11.3. The molecule has 128 valence electrons. The minimum atomic E-state index is -0.146. The number of aryl methyl sites for hydroxylation is 2. The molecule has 0 saturated heterocycles. The van der Waals surface area contributed by atoms with Gasteiger partial charge in [0, 0.05) is 6.07 Å². The summed E-state index contributed by atoms with van der Waals surface area (Å²) in [6.07, 6.45) is 0.244.